The summed E-state index contributed by atoms with van der Waals surface area (Å²) in [5.74, 6) is 0.229. The van der Waals surface area contributed by atoms with E-state index in [1.807, 2.05) is 6.92 Å². The van der Waals surface area contributed by atoms with Gasteiger partial charge in [-0.05, 0) is 13.3 Å². The van der Waals surface area contributed by atoms with Crippen molar-refractivity contribution in [2.75, 3.05) is 13.2 Å². The molecule has 2 atom stereocenters. The van der Waals surface area contributed by atoms with Gasteiger partial charge in [0.1, 0.15) is 0 Å². The zero-order chi connectivity index (χ0) is 10.8. The van der Waals surface area contributed by atoms with Crippen LogP contribution < -0.4 is 0 Å². The van der Waals surface area contributed by atoms with Gasteiger partial charge in [-0.3, -0.25) is 4.68 Å². The molecule has 1 aliphatic heterocycles. The van der Waals surface area contributed by atoms with Crippen molar-refractivity contribution in [1.82, 2.24) is 9.78 Å². The van der Waals surface area contributed by atoms with E-state index in [4.69, 9.17) is 16.3 Å². The maximum absolute atomic E-state index is 9.95. The van der Waals surface area contributed by atoms with E-state index in [0.29, 0.717) is 18.2 Å². The van der Waals surface area contributed by atoms with Crippen molar-refractivity contribution in [3.63, 3.8) is 0 Å². The molecule has 4 nitrogen and oxygen atoms in total. The van der Waals surface area contributed by atoms with Crippen LogP contribution in [0.15, 0.2) is 6.20 Å². The number of aliphatic hydroxyl groups excluding tert-OH is 1. The summed E-state index contributed by atoms with van der Waals surface area (Å²) < 4.78 is 6.98. The number of hydrogen-bond acceptors (Lipinski definition) is 3. The summed E-state index contributed by atoms with van der Waals surface area (Å²) in [6, 6.07) is 0. The van der Waals surface area contributed by atoms with Gasteiger partial charge in [0.15, 0.2) is 0 Å². The van der Waals surface area contributed by atoms with Crippen LogP contribution in [-0.4, -0.2) is 34.2 Å². The zero-order valence-corrected chi connectivity index (χ0v) is 9.44. The zero-order valence-electron chi connectivity index (χ0n) is 8.69. The van der Waals surface area contributed by atoms with Gasteiger partial charge in [-0.1, -0.05) is 11.6 Å². The third-order valence-corrected chi connectivity index (χ3v) is 3.28. The van der Waals surface area contributed by atoms with Crippen LogP contribution in [0.5, 0.6) is 0 Å². The van der Waals surface area contributed by atoms with Crippen molar-refractivity contribution in [3.8, 4) is 0 Å². The van der Waals surface area contributed by atoms with Gasteiger partial charge >= 0.3 is 0 Å². The van der Waals surface area contributed by atoms with Gasteiger partial charge in [0.05, 0.1) is 36.2 Å². The van der Waals surface area contributed by atoms with E-state index in [2.05, 4.69) is 5.10 Å². The lowest BCUT2D eigenvalue weighted by Gasteiger charge is -2.17. The maximum atomic E-state index is 9.95. The second-order valence-electron chi connectivity index (χ2n) is 3.95. The molecule has 1 saturated heterocycles. The van der Waals surface area contributed by atoms with E-state index in [9.17, 15) is 5.11 Å². The number of halogens is 1. The fraction of sp³-hybridized carbons (Fsp3) is 0.700. The standard InChI is InChI=1S/C10H15ClN2O2/c1-7-9(11)4-12-13(7)5-10(14)8-2-3-15-6-8/h4,8,10,14H,2-3,5-6H2,1H3. The first kappa shape index (κ1) is 10.9. The lowest BCUT2D eigenvalue weighted by molar-refractivity contribution is 0.0743. The van der Waals surface area contributed by atoms with Crippen LogP contribution in [0.3, 0.4) is 0 Å². The Labute approximate surface area is 93.8 Å². The van der Waals surface area contributed by atoms with Crippen molar-refractivity contribution in [1.29, 1.82) is 0 Å². The summed E-state index contributed by atoms with van der Waals surface area (Å²) in [6.07, 6.45) is 2.13. The monoisotopic (exact) mass is 230 g/mol. The molecule has 1 aromatic rings. The highest BCUT2D eigenvalue weighted by molar-refractivity contribution is 6.31. The predicted octanol–water partition coefficient (Wildman–Crippen LogP) is 1.24. The minimum absolute atomic E-state index is 0.229. The molecule has 0 bridgehead atoms. The number of ether oxygens (including phenoxy) is 1. The molecule has 0 radical (unpaired) electrons. The van der Waals surface area contributed by atoms with Crippen LogP contribution in [0.1, 0.15) is 12.1 Å². The molecule has 2 heterocycles. The van der Waals surface area contributed by atoms with E-state index in [0.717, 1.165) is 18.7 Å². The SMILES string of the molecule is Cc1c(Cl)cnn1CC(O)C1CCOC1. The normalized spacial score (nSPS) is 23.3. The van der Waals surface area contributed by atoms with Crippen LogP contribution >= 0.6 is 11.6 Å². The Balaban J connectivity index is 1.98. The topological polar surface area (TPSA) is 47.3 Å². The lowest BCUT2D eigenvalue weighted by Crippen LogP contribution is -2.27. The third-order valence-electron chi connectivity index (χ3n) is 2.91. The fourth-order valence-corrected chi connectivity index (χ4v) is 1.93. The highest BCUT2D eigenvalue weighted by atomic mass is 35.5. The summed E-state index contributed by atoms with van der Waals surface area (Å²) in [4.78, 5) is 0. The molecule has 1 aromatic heterocycles. The Hall–Kier alpha value is -0.580. The molecule has 0 amide bonds. The molecule has 1 aliphatic rings. The molecule has 2 rings (SSSR count). The summed E-state index contributed by atoms with van der Waals surface area (Å²) in [6.45, 7) is 3.79. The van der Waals surface area contributed by atoms with Gasteiger partial charge in [-0.2, -0.15) is 5.10 Å². The molecule has 2 unspecified atom stereocenters. The first-order valence-electron chi connectivity index (χ1n) is 5.12. The number of hydrogen-bond donors (Lipinski definition) is 1. The van der Waals surface area contributed by atoms with E-state index in [1.54, 1.807) is 10.9 Å². The summed E-state index contributed by atoms with van der Waals surface area (Å²) in [7, 11) is 0. The third kappa shape index (κ3) is 2.33. The highest BCUT2D eigenvalue weighted by Gasteiger charge is 2.24. The second kappa shape index (κ2) is 4.51. The van der Waals surface area contributed by atoms with Gasteiger partial charge in [0, 0.05) is 12.5 Å². The van der Waals surface area contributed by atoms with Gasteiger partial charge in [0.25, 0.3) is 0 Å². The molecule has 5 heteroatoms. The van der Waals surface area contributed by atoms with Crippen LogP contribution in [0.4, 0.5) is 0 Å². The molecule has 0 saturated carbocycles. The van der Waals surface area contributed by atoms with Gasteiger partial charge in [-0.15, -0.1) is 0 Å². The lowest BCUT2D eigenvalue weighted by atomic mass is 10.0. The van der Waals surface area contributed by atoms with E-state index in [-0.39, 0.29) is 5.92 Å². The molecule has 84 valence electrons. The second-order valence-corrected chi connectivity index (χ2v) is 4.36. The average Bonchev–Trinajstić information content (AvgIpc) is 2.83. The van der Waals surface area contributed by atoms with E-state index < -0.39 is 6.10 Å². The van der Waals surface area contributed by atoms with Gasteiger partial charge in [0.2, 0.25) is 0 Å². The van der Waals surface area contributed by atoms with Crippen LogP contribution in [0, 0.1) is 12.8 Å². The van der Waals surface area contributed by atoms with Crippen LogP contribution in [0.2, 0.25) is 5.02 Å². The summed E-state index contributed by atoms with van der Waals surface area (Å²) >= 11 is 5.88. The average molecular weight is 231 g/mol. The smallest absolute Gasteiger partial charge is 0.0814 e. The Bertz CT molecular complexity index is 334. The first-order chi connectivity index (χ1) is 7.18. The minimum atomic E-state index is -0.401. The molecule has 15 heavy (non-hydrogen) atoms. The Morgan fingerprint density at radius 2 is 2.60 bits per heavy atom. The number of aliphatic hydroxyl groups is 1. The number of aromatic nitrogens is 2. The molecule has 0 aromatic carbocycles. The Morgan fingerprint density at radius 3 is 3.13 bits per heavy atom. The fourth-order valence-electron chi connectivity index (χ4n) is 1.79. The molecule has 1 N–H and O–H groups in total. The Kier molecular flexibility index (Phi) is 3.29. The van der Waals surface area contributed by atoms with Crippen molar-refractivity contribution < 1.29 is 9.84 Å². The van der Waals surface area contributed by atoms with Crippen molar-refractivity contribution in [2.45, 2.75) is 26.0 Å². The highest BCUT2D eigenvalue weighted by Crippen LogP contribution is 2.20. The predicted molar refractivity (Wildman–Crippen MR) is 56.9 cm³/mol. The largest absolute Gasteiger partial charge is 0.391 e. The van der Waals surface area contributed by atoms with Gasteiger partial charge < -0.3 is 9.84 Å². The van der Waals surface area contributed by atoms with Crippen molar-refractivity contribution in [2.24, 2.45) is 5.92 Å². The molecule has 0 aliphatic carbocycles. The maximum Gasteiger partial charge on any atom is 0.0814 e. The molecular formula is C10H15ClN2O2. The quantitative estimate of drug-likeness (QED) is 0.850. The van der Waals surface area contributed by atoms with Crippen LogP contribution in [0.25, 0.3) is 0 Å². The van der Waals surface area contributed by atoms with Crippen LogP contribution in [-0.2, 0) is 11.3 Å². The minimum Gasteiger partial charge on any atom is -0.391 e. The Morgan fingerprint density at radius 1 is 1.80 bits per heavy atom. The molecule has 0 spiro atoms. The molecular weight excluding hydrogens is 216 g/mol. The molecule has 1 fully saturated rings. The number of rotatable bonds is 3. The first-order valence-corrected chi connectivity index (χ1v) is 5.50. The van der Waals surface area contributed by atoms with Crippen molar-refractivity contribution >= 4 is 11.6 Å². The van der Waals surface area contributed by atoms with Gasteiger partial charge in [-0.25, -0.2) is 0 Å². The summed E-state index contributed by atoms with van der Waals surface area (Å²) in [5.41, 5.74) is 0.898. The number of nitrogens with zero attached hydrogens (tertiary/aromatic N) is 2. The van der Waals surface area contributed by atoms with E-state index >= 15 is 0 Å². The van der Waals surface area contributed by atoms with E-state index in [1.165, 1.54) is 0 Å². The van der Waals surface area contributed by atoms with Crippen molar-refractivity contribution in [3.05, 3.63) is 16.9 Å². The summed E-state index contributed by atoms with van der Waals surface area (Å²) in [5, 5.41) is 14.7.